The van der Waals surface area contributed by atoms with Gasteiger partial charge in [0.2, 0.25) is 0 Å². The fourth-order valence-corrected chi connectivity index (χ4v) is 3.65. The van der Waals surface area contributed by atoms with Gasteiger partial charge >= 0.3 is 0 Å². The van der Waals surface area contributed by atoms with Gasteiger partial charge in [0.05, 0.1) is 5.69 Å². The van der Waals surface area contributed by atoms with E-state index in [0.717, 1.165) is 30.1 Å². The molecule has 4 rings (SSSR count). The Morgan fingerprint density at radius 1 is 1.17 bits per heavy atom. The smallest absolute Gasteiger partial charge is 0.182 e. The summed E-state index contributed by atoms with van der Waals surface area (Å²) in [6, 6.07) is 10.7. The molecule has 1 atom stereocenters. The summed E-state index contributed by atoms with van der Waals surface area (Å²) in [7, 11) is 0. The molecule has 0 bridgehead atoms. The summed E-state index contributed by atoms with van der Waals surface area (Å²) >= 11 is 0. The molecule has 3 aromatic rings. The lowest BCUT2D eigenvalue weighted by molar-refractivity contribution is 0.463. The quantitative estimate of drug-likeness (QED) is 0.759. The number of pyridine rings is 1. The summed E-state index contributed by atoms with van der Waals surface area (Å²) in [5, 5.41) is 12.3. The van der Waals surface area contributed by atoms with E-state index in [1.165, 1.54) is 34.9 Å². The maximum Gasteiger partial charge on any atom is 0.182 e. The average molecular weight is 306 g/mol. The predicted molar refractivity (Wildman–Crippen MR) is 93.6 cm³/mol. The van der Waals surface area contributed by atoms with Gasteiger partial charge < -0.3 is 5.32 Å². The van der Waals surface area contributed by atoms with Crippen LogP contribution in [0.2, 0.25) is 0 Å². The fraction of sp³-hybridized carbons (Fsp3) is 0.368. The van der Waals surface area contributed by atoms with Crippen molar-refractivity contribution < 1.29 is 0 Å². The second-order valence-electron chi connectivity index (χ2n) is 6.50. The molecule has 23 heavy (non-hydrogen) atoms. The lowest BCUT2D eigenvalue weighted by Crippen LogP contribution is -2.28. The van der Waals surface area contributed by atoms with Crippen LogP contribution in [0.25, 0.3) is 22.3 Å². The van der Waals surface area contributed by atoms with Crippen molar-refractivity contribution in [1.29, 1.82) is 0 Å². The molecule has 1 aromatic carbocycles. The summed E-state index contributed by atoms with van der Waals surface area (Å²) < 4.78 is 0. The minimum absolute atomic E-state index is 0.535. The number of hydrogen-bond donors (Lipinski definition) is 2. The largest absolute Gasteiger partial charge is 0.316 e. The molecule has 1 saturated heterocycles. The van der Waals surface area contributed by atoms with Crippen molar-refractivity contribution in [2.24, 2.45) is 0 Å². The Morgan fingerprint density at radius 2 is 2.04 bits per heavy atom. The normalized spacial score (nSPS) is 18.4. The summed E-state index contributed by atoms with van der Waals surface area (Å²) in [6.07, 6.45) is 2.45. The van der Waals surface area contributed by atoms with Gasteiger partial charge in [0.25, 0.3) is 0 Å². The summed E-state index contributed by atoms with van der Waals surface area (Å²) in [5.41, 5.74) is 6.81. The van der Waals surface area contributed by atoms with Crippen LogP contribution in [0, 0.1) is 13.8 Å². The molecule has 0 aliphatic carbocycles. The van der Waals surface area contributed by atoms with E-state index in [-0.39, 0.29) is 0 Å². The first-order chi connectivity index (χ1) is 11.2. The second kappa shape index (κ2) is 5.78. The molecule has 0 spiro atoms. The molecule has 1 unspecified atom stereocenters. The number of piperidine rings is 1. The number of nitrogens with zero attached hydrogens (tertiary/aromatic N) is 2. The highest BCUT2D eigenvalue weighted by molar-refractivity contribution is 5.85. The first-order valence-electron chi connectivity index (χ1n) is 8.36. The maximum absolute atomic E-state index is 4.82. The van der Waals surface area contributed by atoms with Gasteiger partial charge in [-0.25, -0.2) is 4.98 Å². The molecule has 1 aliphatic heterocycles. The van der Waals surface area contributed by atoms with Crippen molar-refractivity contribution in [3.8, 4) is 11.3 Å². The summed E-state index contributed by atoms with van der Waals surface area (Å²) in [5.74, 6) is 0.535. The number of nitrogens with one attached hydrogen (secondary N) is 2. The highest BCUT2D eigenvalue weighted by Crippen LogP contribution is 2.34. The third kappa shape index (κ3) is 2.53. The molecule has 3 heterocycles. The van der Waals surface area contributed by atoms with Gasteiger partial charge in [-0.1, -0.05) is 24.3 Å². The van der Waals surface area contributed by atoms with E-state index < -0.39 is 0 Å². The average Bonchev–Trinajstić information content (AvgIpc) is 2.96. The van der Waals surface area contributed by atoms with Crippen LogP contribution < -0.4 is 5.32 Å². The standard InChI is InChI=1S/C19H22N4/c1-12-6-3-4-8-15(12)17-10-16(14-7-5-9-20-11-14)18-13(2)22-23-19(18)21-17/h3-4,6,8,10,14,20H,5,7,9,11H2,1-2H3,(H,21,22,23). The molecule has 0 amide bonds. The van der Waals surface area contributed by atoms with Gasteiger partial charge in [-0.15, -0.1) is 0 Å². The highest BCUT2D eigenvalue weighted by atomic mass is 15.1. The van der Waals surface area contributed by atoms with E-state index in [0.29, 0.717) is 5.92 Å². The van der Waals surface area contributed by atoms with Crippen LogP contribution in [0.3, 0.4) is 0 Å². The Hall–Kier alpha value is -2.20. The molecule has 2 aromatic heterocycles. The van der Waals surface area contributed by atoms with Crippen molar-refractivity contribution in [2.75, 3.05) is 13.1 Å². The molecule has 1 aliphatic rings. The lowest BCUT2D eigenvalue weighted by Gasteiger charge is -2.24. The summed E-state index contributed by atoms with van der Waals surface area (Å²) in [6.45, 7) is 6.39. The van der Waals surface area contributed by atoms with Crippen LogP contribution >= 0.6 is 0 Å². The zero-order valence-electron chi connectivity index (χ0n) is 13.7. The van der Waals surface area contributed by atoms with Crippen LogP contribution in [0.1, 0.15) is 35.6 Å². The number of H-pyrrole nitrogens is 1. The Balaban J connectivity index is 1.92. The van der Waals surface area contributed by atoms with Gasteiger partial charge in [0, 0.05) is 23.2 Å². The van der Waals surface area contributed by atoms with Crippen LogP contribution in [-0.4, -0.2) is 28.3 Å². The monoisotopic (exact) mass is 306 g/mol. The number of benzene rings is 1. The zero-order valence-corrected chi connectivity index (χ0v) is 13.7. The first kappa shape index (κ1) is 14.4. The van der Waals surface area contributed by atoms with Crippen LogP contribution in [-0.2, 0) is 0 Å². The fourth-order valence-electron chi connectivity index (χ4n) is 3.65. The second-order valence-corrected chi connectivity index (χ2v) is 6.50. The Bertz CT molecular complexity index is 844. The number of fused-ring (bicyclic) bond motifs is 1. The van der Waals surface area contributed by atoms with Crippen molar-refractivity contribution in [2.45, 2.75) is 32.6 Å². The summed E-state index contributed by atoms with van der Waals surface area (Å²) in [4.78, 5) is 4.82. The molecule has 4 nitrogen and oxygen atoms in total. The third-order valence-corrected chi connectivity index (χ3v) is 4.89. The topological polar surface area (TPSA) is 53.6 Å². The molecule has 4 heteroatoms. The molecular formula is C19H22N4. The van der Waals surface area contributed by atoms with Crippen molar-refractivity contribution in [3.05, 3.63) is 47.2 Å². The van der Waals surface area contributed by atoms with E-state index >= 15 is 0 Å². The van der Waals surface area contributed by atoms with Gasteiger partial charge in [0.1, 0.15) is 0 Å². The first-order valence-corrected chi connectivity index (χ1v) is 8.36. The van der Waals surface area contributed by atoms with Crippen LogP contribution in [0.5, 0.6) is 0 Å². The van der Waals surface area contributed by atoms with E-state index in [4.69, 9.17) is 4.98 Å². The zero-order chi connectivity index (χ0) is 15.8. The molecule has 118 valence electrons. The SMILES string of the molecule is Cc1ccccc1-c1cc(C2CCCNC2)c2c(C)[nH]nc2n1. The number of rotatable bonds is 2. The molecule has 2 N–H and O–H groups in total. The van der Waals surface area contributed by atoms with E-state index in [1.54, 1.807) is 0 Å². The van der Waals surface area contributed by atoms with E-state index in [1.807, 2.05) is 0 Å². The van der Waals surface area contributed by atoms with E-state index in [2.05, 4.69) is 59.7 Å². The maximum atomic E-state index is 4.82. The van der Waals surface area contributed by atoms with Crippen LogP contribution in [0.4, 0.5) is 0 Å². The molecule has 1 fully saturated rings. The van der Waals surface area contributed by atoms with Gasteiger partial charge in [0.15, 0.2) is 5.65 Å². The van der Waals surface area contributed by atoms with Gasteiger partial charge in [-0.2, -0.15) is 5.10 Å². The van der Waals surface area contributed by atoms with Crippen molar-refractivity contribution >= 4 is 11.0 Å². The number of aromatic amines is 1. The predicted octanol–water partition coefficient (Wildman–Crippen LogP) is 3.71. The van der Waals surface area contributed by atoms with Crippen LogP contribution in [0.15, 0.2) is 30.3 Å². The van der Waals surface area contributed by atoms with Gasteiger partial charge in [-0.3, -0.25) is 5.10 Å². The minimum atomic E-state index is 0.535. The Labute approximate surface area is 136 Å². The van der Waals surface area contributed by atoms with Crippen molar-refractivity contribution in [1.82, 2.24) is 20.5 Å². The van der Waals surface area contributed by atoms with Crippen molar-refractivity contribution in [3.63, 3.8) is 0 Å². The lowest BCUT2D eigenvalue weighted by atomic mass is 9.88. The highest BCUT2D eigenvalue weighted by Gasteiger charge is 2.21. The minimum Gasteiger partial charge on any atom is -0.316 e. The third-order valence-electron chi connectivity index (χ3n) is 4.89. The number of aromatic nitrogens is 3. The Kier molecular flexibility index (Phi) is 3.62. The number of aryl methyl sites for hydroxylation is 2. The molecule has 0 saturated carbocycles. The van der Waals surface area contributed by atoms with Gasteiger partial charge in [-0.05, 0) is 56.3 Å². The van der Waals surface area contributed by atoms with E-state index in [9.17, 15) is 0 Å². The molecular weight excluding hydrogens is 284 g/mol. The molecule has 0 radical (unpaired) electrons. The number of hydrogen-bond acceptors (Lipinski definition) is 3. The Morgan fingerprint density at radius 3 is 2.83 bits per heavy atom.